The molecule has 0 fully saturated rings. The maximum Gasteiger partial charge on any atom is 0.307 e. The maximum absolute atomic E-state index is 12.3. The van der Waals surface area contributed by atoms with Gasteiger partial charge in [-0.3, -0.25) is 4.79 Å². The molecule has 0 atom stereocenters. The molecule has 3 aromatic rings. The molecular formula is C21H18Br2N2O4. The van der Waals surface area contributed by atoms with Crippen LogP contribution in [0.1, 0.15) is 23.0 Å². The molecule has 3 rings (SSSR count). The minimum Gasteiger partial charge on any atom is -0.494 e. The Labute approximate surface area is 184 Å². The van der Waals surface area contributed by atoms with Crippen LogP contribution >= 0.6 is 31.9 Å². The number of nitrogens with zero attached hydrogens (tertiary/aromatic N) is 1. The molecular weight excluding hydrogens is 504 g/mol. The highest BCUT2D eigenvalue weighted by molar-refractivity contribution is 9.11. The van der Waals surface area contributed by atoms with Gasteiger partial charge >= 0.3 is 5.91 Å². The number of hydrogen-bond acceptors (Lipinski definition) is 5. The highest BCUT2D eigenvalue weighted by atomic mass is 79.9. The van der Waals surface area contributed by atoms with Crippen molar-refractivity contribution in [3.63, 3.8) is 0 Å². The molecule has 1 heterocycles. The summed E-state index contributed by atoms with van der Waals surface area (Å²) < 4.78 is 18.1. The van der Waals surface area contributed by atoms with Gasteiger partial charge in [-0.2, -0.15) is 5.10 Å². The summed E-state index contributed by atoms with van der Waals surface area (Å²) in [6, 6.07) is 10.7. The maximum atomic E-state index is 12.3. The van der Waals surface area contributed by atoms with Gasteiger partial charge in [0.15, 0.2) is 5.76 Å². The highest BCUT2D eigenvalue weighted by Gasteiger charge is 2.12. The molecule has 6 nitrogen and oxygen atoms in total. The van der Waals surface area contributed by atoms with E-state index in [1.165, 1.54) is 6.21 Å². The largest absolute Gasteiger partial charge is 0.494 e. The average molecular weight is 522 g/mol. The number of halogens is 2. The van der Waals surface area contributed by atoms with Crippen molar-refractivity contribution >= 4 is 55.0 Å². The van der Waals surface area contributed by atoms with Crippen LogP contribution in [0.2, 0.25) is 0 Å². The Balaban J connectivity index is 1.69. The van der Waals surface area contributed by atoms with Gasteiger partial charge in [0.25, 0.3) is 0 Å². The molecule has 0 bridgehead atoms. The standard InChI is InChI=1S/C21H18Br2N2O4/c1-3-7-28-20-16(22)8-13(9-17(20)23)12-24-25-21(26)19-11-14-10-15(27-4-2)5-6-18(14)29-19/h3,5-6,8-12H,1,4,7H2,2H3,(H,25,26)/b24-12-. The summed E-state index contributed by atoms with van der Waals surface area (Å²) in [6.07, 6.45) is 3.19. The highest BCUT2D eigenvalue weighted by Crippen LogP contribution is 2.34. The first-order valence-electron chi connectivity index (χ1n) is 8.74. The van der Waals surface area contributed by atoms with Gasteiger partial charge in [0, 0.05) is 5.39 Å². The van der Waals surface area contributed by atoms with Crippen molar-refractivity contribution in [3.05, 3.63) is 69.3 Å². The van der Waals surface area contributed by atoms with Crippen molar-refractivity contribution in [1.29, 1.82) is 0 Å². The van der Waals surface area contributed by atoms with E-state index in [9.17, 15) is 4.79 Å². The minimum absolute atomic E-state index is 0.168. The van der Waals surface area contributed by atoms with E-state index < -0.39 is 5.91 Å². The fraction of sp³-hybridized carbons (Fsp3) is 0.143. The summed E-state index contributed by atoms with van der Waals surface area (Å²) in [5.41, 5.74) is 3.83. The number of carbonyl (C=O) groups is 1. The van der Waals surface area contributed by atoms with Crippen LogP contribution in [-0.4, -0.2) is 25.3 Å². The van der Waals surface area contributed by atoms with Gasteiger partial charge in [0.1, 0.15) is 23.7 Å². The zero-order valence-electron chi connectivity index (χ0n) is 15.6. The molecule has 0 radical (unpaired) electrons. The Morgan fingerprint density at radius 2 is 1.97 bits per heavy atom. The lowest BCUT2D eigenvalue weighted by Crippen LogP contribution is -2.16. The number of carbonyl (C=O) groups excluding carboxylic acids is 1. The van der Waals surface area contributed by atoms with E-state index in [-0.39, 0.29) is 5.76 Å². The number of fused-ring (bicyclic) bond motifs is 1. The molecule has 1 amide bonds. The number of rotatable bonds is 8. The molecule has 150 valence electrons. The Hall–Kier alpha value is -2.58. The van der Waals surface area contributed by atoms with E-state index >= 15 is 0 Å². The zero-order chi connectivity index (χ0) is 20.8. The van der Waals surface area contributed by atoms with Gasteiger partial charge < -0.3 is 13.9 Å². The lowest BCUT2D eigenvalue weighted by molar-refractivity contribution is 0.0929. The molecule has 1 N–H and O–H groups in total. The van der Waals surface area contributed by atoms with Crippen LogP contribution in [0.5, 0.6) is 11.5 Å². The van der Waals surface area contributed by atoms with Crippen LogP contribution in [0, 0.1) is 0 Å². The van der Waals surface area contributed by atoms with E-state index in [0.29, 0.717) is 24.5 Å². The monoisotopic (exact) mass is 520 g/mol. The Bertz CT molecular complexity index is 1050. The predicted octanol–water partition coefficient (Wildman–Crippen LogP) is 5.69. The van der Waals surface area contributed by atoms with Crippen LogP contribution in [-0.2, 0) is 0 Å². The molecule has 0 aliphatic carbocycles. The third-order valence-electron chi connectivity index (χ3n) is 3.77. The Kier molecular flexibility index (Phi) is 7.11. The van der Waals surface area contributed by atoms with Gasteiger partial charge in [0.2, 0.25) is 0 Å². The Morgan fingerprint density at radius 1 is 1.21 bits per heavy atom. The number of hydrogen-bond donors (Lipinski definition) is 1. The van der Waals surface area contributed by atoms with Crippen LogP contribution in [0.25, 0.3) is 11.0 Å². The van der Waals surface area contributed by atoms with Crippen molar-refractivity contribution < 1.29 is 18.7 Å². The molecule has 1 aromatic heterocycles. The van der Waals surface area contributed by atoms with E-state index in [1.54, 1.807) is 24.3 Å². The van der Waals surface area contributed by atoms with Crippen LogP contribution in [0.4, 0.5) is 0 Å². The first-order chi connectivity index (χ1) is 14.0. The predicted molar refractivity (Wildman–Crippen MR) is 120 cm³/mol. The topological polar surface area (TPSA) is 73.1 Å². The van der Waals surface area contributed by atoms with Gasteiger partial charge in [0.05, 0.1) is 21.8 Å². The smallest absolute Gasteiger partial charge is 0.307 e. The summed E-state index contributed by atoms with van der Waals surface area (Å²) in [4.78, 5) is 12.3. The molecule has 0 saturated heterocycles. The second-order valence-electron chi connectivity index (χ2n) is 5.86. The third kappa shape index (κ3) is 5.27. The summed E-state index contributed by atoms with van der Waals surface area (Å²) in [6.45, 7) is 6.50. The second-order valence-corrected chi connectivity index (χ2v) is 7.56. The second kappa shape index (κ2) is 9.76. The number of ether oxygens (including phenoxy) is 2. The quantitative estimate of drug-likeness (QED) is 0.235. The summed E-state index contributed by atoms with van der Waals surface area (Å²) in [5, 5.41) is 4.79. The molecule has 0 aliphatic rings. The van der Waals surface area contributed by atoms with Gasteiger partial charge in [-0.05, 0) is 80.7 Å². The SMILES string of the molecule is C=CCOc1c(Br)cc(/C=N\NC(=O)c2cc3cc(OCC)ccc3o2)cc1Br. The lowest BCUT2D eigenvalue weighted by Gasteiger charge is -2.09. The van der Waals surface area contributed by atoms with Crippen LogP contribution in [0.3, 0.4) is 0 Å². The van der Waals surface area contributed by atoms with Crippen LogP contribution < -0.4 is 14.9 Å². The van der Waals surface area contributed by atoms with E-state index in [4.69, 9.17) is 13.9 Å². The molecule has 0 unspecified atom stereocenters. The summed E-state index contributed by atoms with van der Waals surface area (Å²) in [5.74, 6) is 1.11. The molecule has 8 heteroatoms. The number of benzene rings is 2. The van der Waals surface area contributed by atoms with E-state index in [2.05, 4.69) is 49.0 Å². The fourth-order valence-electron chi connectivity index (χ4n) is 2.54. The minimum atomic E-state index is -0.445. The van der Waals surface area contributed by atoms with Crippen molar-refractivity contribution in [2.45, 2.75) is 6.92 Å². The summed E-state index contributed by atoms with van der Waals surface area (Å²) in [7, 11) is 0. The number of nitrogens with one attached hydrogen (secondary N) is 1. The van der Waals surface area contributed by atoms with Crippen molar-refractivity contribution in [2.75, 3.05) is 13.2 Å². The van der Waals surface area contributed by atoms with E-state index in [1.807, 2.05) is 25.1 Å². The first-order valence-corrected chi connectivity index (χ1v) is 10.3. The molecule has 0 aliphatic heterocycles. The number of furan rings is 1. The third-order valence-corrected chi connectivity index (χ3v) is 4.95. The van der Waals surface area contributed by atoms with Crippen LogP contribution in [0.15, 0.2) is 67.5 Å². The van der Waals surface area contributed by atoms with Gasteiger partial charge in [-0.1, -0.05) is 12.7 Å². The Morgan fingerprint density at radius 3 is 2.66 bits per heavy atom. The molecule has 0 spiro atoms. The molecule has 2 aromatic carbocycles. The number of hydrazone groups is 1. The molecule has 0 saturated carbocycles. The summed E-state index contributed by atoms with van der Waals surface area (Å²) >= 11 is 6.92. The van der Waals surface area contributed by atoms with Crippen molar-refractivity contribution in [1.82, 2.24) is 5.43 Å². The lowest BCUT2D eigenvalue weighted by atomic mass is 10.2. The zero-order valence-corrected chi connectivity index (χ0v) is 18.7. The van der Waals surface area contributed by atoms with Crippen molar-refractivity contribution in [3.8, 4) is 11.5 Å². The molecule has 29 heavy (non-hydrogen) atoms. The first kappa shape index (κ1) is 21.1. The fourth-order valence-corrected chi connectivity index (χ4v) is 4.00. The average Bonchev–Trinajstić information content (AvgIpc) is 3.11. The number of amides is 1. The van der Waals surface area contributed by atoms with Gasteiger partial charge in [-0.15, -0.1) is 0 Å². The van der Waals surface area contributed by atoms with Crippen molar-refractivity contribution in [2.24, 2.45) is 5.10 Å². The van der Waals surface area contributed by atoms with Gasteiger partial charge in [-0.25, -0.2) is 5.43 Å². The van der Waals surface area contributed by atoms with E-state index in [0.717, 1.165) is 25.6 Å². The normalized spacial score (nSPS) is 11.0.